The van der Waals surface area contributed by atoms with Crippen molar-refractivity contribution in [1.29, 1.82) is 0 Å². The summed E-state index contributed by atoms with van der Waals surface area (Å²) in [6, 6.07) is 2.35. The lowest BCUT2D eigenvalue weighted by molar-refractivity contribution is -0.148. The standard InChI is InChI=1S/C44H61N9O12S3/c1-25(2)22-32(43(62)52(5)34(18-21-66-6)44(63)53-20-7-8-33(53)39(46)58)51-40(59)27(4)48-41(60)31(24-37(56)57)50-42(61)30(23-35(45)54)49-36(55)17-19-47-68(64,65)38-16-15-29(67-38)14-13-28-11-9-26(3)10-12-28/h9-12,15-16,25,27,30-34,47H,7-8,17-24H2,1-6H3,(H2,45,54)(H2,46,58)(H,48,60)(H,49,55)(H,50,61)(H,51,59)(H,56,57)/t27-,30-,31-,32-,33-,34-/m0/s1. The molecule has 8 amide bonds. The Morgan fingerprint density at radius 2 is 1.51 bits per heavy atom. The molecule has 2 aromatic rings. The maximum atomic E-state index is 14.0. The summed E-state index contributed by atoms with van der Waals surface area (Å²) in [4.78, 5) is 120. The van der Waals surface area contributed by atoms with Gasteiger partial charge in [0.15, 0.2) is 0 Å². The molecule has 3 rings (SSSR count). The first-order valence-corrected chi connectivity index (χ1v) is 25.4. The fraction of sp³-hybridized carbons (Fsp3) is 0.523. The Morgan fingerprint density at radius 3 is 2.12 bits per heavy atom. The zero-order valence-corrected chi connectivity index (χ0v) is 41.2. The Hall–Kier alpha value is -6.03. The van der Waals surface area contributed by atoms with Gasteiger partial charge in [-0.15, -0.1) is 11.3 Å². The van der Waals surface area contributed by atoms with Crippen LogP contribution in [0.4, 0.5) is 0 Å². The number of hydrogen-bond donors (Lipinski definition) is 8. The molecule has 24 heteroatoms. The normalized spacial score (nSPS) is 15.6. The number of hydrogen-bond acceptors (Lipinski definition) is 13. The topological polar surface area (TPSA) is 327 Å². The summed E-state index contributed by atoms with van der Waals surface area (Å²) in [5, 5.41) is 19.0. The number of nitrogens with two attached hydrogens (primary N) is 2. The largest absolute Gasteiger partial charge is 0.481 e. The van der Waals surface area contributed by atoms with E-state index in [1.807, 2.05) is 37.4 Å². The number of carbonyl (C=O) groups excluding carboxylic acids is 8. The van der Waals surface area contributed by atoms with Gasteiger partial charge in [-0.2, -0.15) is 11.8 Å². The molecule has 0 spiro atoms. The van der Waals surface area contributed by atoms with Crippen molar-refractivity contribution < 1.29 is 56.7 Å². The highest BCUT2D eigenvalue weighted by Crippen LogP contribution is 2.23. The number of sulfonamides is 1. The van der Waals surface area contributed by atoms with E-state index < -0.39 is 125 Å². The molecular formula is C44H61N9O12S3. The molecule has 10 N–H and O–H groups in total. The molecule has 0 unspecified atom stereocenters. The first kappa shape index (κ1) is 56.3. The van der Waals surface area contributed by atoms with Gasteiger partial charge >= 0.3 is 5.97 Å². The summed E-state index contributed by atoms with van der Waals surface area (Å²) in [6.45, 7) is 6.64. The Bertz CT molecular complexity index is 2350. The predicted molar refractivity (Wildman–Crippen MR) is 254 cm³/mol. The van der Waals surface area contributed by atoms with Gasteiger partial charge in [0.05, 0.1) is 17.7 Å². The van der Waals surface area contributed by atoms with Crippen LogP contribution in [0.15, 0.2) is 40.6 Å². The van der Waals surface area contributed by atoms with E-state index in [1.54, 1.807) is 13.8 Å². The molecule has 6 atom stereocenters. The third-order valence-corrected chi connectivity index (χ3v) is 14.2. The summed E-state index contributed by atoms with van der Waals surface area (Å²) in [6.07, 6.45) is 0.821. The number of amides is 8. The van der Waals surface area contributed by atoms with Gasteiger partial charge in [0, 0.05) is 32.1 Å². The molecule has 0 bridgehead atoms. The van der Waals surface area contributed by atoms with Gasteiger partial charge in [-0.1, -0.05) is 43.4 Å². The van der Waals surface area contributed by atoms with E-state index in [-0.39, 0.29) is 29.5 Å². The molecule has 2 heterocycles. The Morgan fingerprint density at radius 1 is 0.882 bits per heavy atom. The van der Waals surface area contributed by atoms with Crippen molar-refractivity contribution in [3.8, 4) is 11.8 Å². The van der Waals surface area contributed by atoms with Crippen molar-refractivity contribution in [2.45, 2.75) is 113 Å². The molecule has 1 aliphatic rings. The van der Waals surface area contributed by atoms with Gasteiger partial charge in [-0.3, -0.25) is 43.2 Å². The van der Waals surface area contributed by atoms with Crippen molar-refractivity contribution in [1.82, 2.24) is 35.8 Å². The molecule has 68 heavy (non-hydrogen) atoms. The lowest BCUT2D eigenvalue weighted by Crippen LogP contribution is -2.59. The highest BCUT2D eigenvalue weighted by atomic mass is 32.2. The zero-order valence-electron chi connectivity index (χ0n) is 38.8. The monoisotopic (exact) mass is 1000 g/mol. The van der Waals surface area contributed by atoms with Crippen molar-refractivity contribution in [3.05, 3.63) is 52.4 Å². The number of thioether (sulfide) groups is 1. The number of aryl methyl sites for hydroxylation is 1. The van der Waals surface area contributed by atoms with Crippen LogP contribution in [0.25, 0.3) is 0 Å². The molecule has 0 radical (unpaired) electrons. The van der Waals surface area contributed by atoms with Crippen LogP contribution in [0.5, 0.6) is 0 Å². The van der Waals surface area contributed by atoms with Crippen LogP contribution in [-0.2, 0) is 53.2 Å². The number of carboxylic acids is 1. The number of nitrogens with one attached hydrogen (secondary N) is 5. The smallest absolute Gasteiger partial charge is 0.305 e. The third-order valence-electron chi connectivity index (χ3n) is 10.6. The third kappa shape index (κ3) is 17.6. The predicted octanol–water partition coefficient (Wildman–Crippen LogP) is -0.464. The minimum Gasteiger partial charge on any atom is -0.481 e. The van der Waals surface area contributed by atoms with Crippen LogP contribution in [0, 0.1) is 24.7 Å². The van der Waals surface area contributed by atoms with Gasteiger partial charge in [0.2, 0.25) is 57.3 Å². The van der Waals surface area contributed by atoms with E-state index in [9.17, 15) is 56.7 Å². The van der Waals surface area contributed by atoms with Gasteiger partial charge in [0.25, 0.3) is 0 Å². The minimum absolute atomic E-state index is 0.0681. The molecule has 1 aromatic carbocycles. The average Bonchev–Trinajstić information content (AvgIpc) is 3.96. The first-order valence-electron chi connectivity index (χ1n) is 21.7. The lowest BCUT2D eigenvalue weighted by Gasteiger charge is -2.35. The maximum absolute atomic E-state index is 14.0. The molecule has 372 valence electrons. The molecule has 0 saturated carbocycles. The average molecular weight is 1000 g/mol. The number of carbonyl (C=O) groups is 9. The lowest BCUT2D eigenvalue weighted by atomic mass is 10.0. The Labute approximate surface area is 404 Å². The summed E-state index contributed by atoms with van der Waals surface area (Å²) in [7, 11) is -2.66. The van der Waals surface area contributed by atoms with Crippen molar-refractivity contribution >= 4 is 86.3 Å². The second-order valence-electron chi connectivity index (χ2n) is 16.6. The van der Waals surface area contributed by atoms with Gasteiger partial charge in [0.1, 0.15) is 40.5 Å². The summed E-state index contributed by atoms with van der Waals surface area (Å²) < 4.78 is 28.1. The number of rotatable bonds is 25. The van der Waals surface area contributed by atoms with Crippen molar-refractivity contribution in [2.75, 3.05) is 32.1 Å². The second kappa shape index (κ2) is 26.5. The molecule has 1 fully saturated rings. The number of primary amides is 2. The van der Waals surface area contributed by atoms with E-state index in [1.165, 1.54) is 47.7 Å². The van der Waals surface area contributed by atoms with Crippen LogP contribution >= 0.6 is 23.1 Å². The van der Waals surface area contributed by atoms with Crippen LogP contribution in [0.1, 0.15) is 81.7 Å². The van der Waals surface area contributed by atoms with Gasteiger partial charge < -0.3 is 47.6 Å². The highest BCUT2D eigenvalue weighted by molar-refractivity contribution is 7.98. The van der Waals surface area contributed by atoms with Crippen LogP contribution in [0.2, 0.25) is 0 Å². The molecule has 0 aliphatic carbocycles. The van der Waals surface area contributed by atoms with E-state index in [2.05, 4.69) is 37.8 Å². The highest BCUT2D eigenvalue weighted by Gasteiger charge is 2.40. The maximum Gasteiger partial charge on any atom is 0.305 e. The Kier molecular flexibility index (Phi) is 21.9. The van der Waals surface area contributed by atoms with Crippen molar-refractivity contribution in [2.24, 2.45) is 17.4 Å². The number of likely N-dealkylation sites (tertiary alicyclic amines) is 1. The van der Waals surface area contributed by atoms with E-state index in [0.29, 0.717) is 23.5 Å². The van der Waals surface area contributed by atoms with E-state index in [4.69, 9.17) is 11.5 Å². The number of thiophene rings is 1. The second-order valence-corrected chi connectivity index (χ2v) is 20.7. The van der Waals surface area contributed by atoms with Crippen LogP contribution in [-0.4, -0.2) is 145 Å². The molecule has 1 aromatic heterocycles. The molecule has 1 saturated heterocycles. The van der Waals surface area contributed by atoms with Gasteiger partial charge in [-0.05, 0) is 81.7 Å². The summed E-state index contributed by atoms with van der Waals surface area (Å²) >= 11 is 2.36. The number of likely N-dealkylation sites (N-methyl/N-ethyl adjacent to an activating group) is 1. The number of aliphatic carboxylic acids is 1. The number of nitrogens with zero attached hydrogens (tertiary/aromatic N) is 2. The van der Waals surface area contributed by atoms with Crippen molar-refractivity contribution in [3.63, 3.8) is 0 Å². The summed E-state index contributed by atoms with van der Waals surface area (Å²) in [5.41, 5.74) is 12.7. The first-order chi connectivity index (χ1) is 31.9. The molecule has 1 aliphatic heterocycles. The fourth-order valence-corrected chi connectivity index (χ4v) is 9.70. The quantitative estimate of drug-likeness (QED) is 0.0585. The molecule has 21 nitrogen and oxygen atoms in total. The minimum atomic E-state index is -4.09. The fourth-order valence-electron chi connectivity index (χ4n) is 7.00. The Balaban J connectivity index is 1.66. The molecular weight excluding hydrogens is 943 g/mol. The number of benzene rings is 1. The van der Waals surface area contributed by atoms with Crippen LogP contribution < -0.4 is 37.5 Å². The number of carboxylic acid groups (broad SMARTS) is 1. The van der Waals surface area contributed by atoms with E-state index in [0.717, 1.165) is 22.5 Å². The van der Waals surface area contributed by atoms with Gasteiger partial charge in [-0.25, -0.2) is 13.1 Å². The SMILES string of the molecule is CSCC[C@@H](C(=O)N1CCC[C@H]1C(N)=O)N(C)C(=O)[C@H](CC(C)C)NC(=O)[C@H](C)NC(=O)[C@H](CC(=O)O)NC(=O)[C@H](CC(N)=O)NC(=O)CCNS(=O)(=O)c1ccc(C#Cc2ccc(C)cc2)s1. The zero-order chi connectivity index (χ0) is 50.9. The van der Waals surface area contributed by atoms with E-state index >= 15 is 0 Å². The summed E-state index contributed by atoms with van der Waals surface area (Å²) in [5.74, 6) is -2.24. The van der Waals surface area contributed by atoms with Crippen LogP contribution in [0.3, 0.4) is 0 Å².